The number of H-pyrrole nitrogens is 1. The molecule has 0 unspecified atom stereocenters. The Hall–Kier alpha value is -2.86. The predicted molar refractivity (Wildman–Crippen MR) is 137 cm³/mol. The topological polar surface area (TPSA) is 81.3 Å². The normalized spacial score (nSPS) is 18.8. The van der Waals surface area contributed by atoms with Crippen LogP contribution in [-0.4, -0.2) is 70.4 Å². The number of amides is 2. The average molecular weight is 550 g/mol. The maximum Gasteiger partial charge on any atom is 0.416 e. The van der Waals surface area contributed by atoms with Crippen LogP contribution in [0.2, 0.25) is 5.02 Å². The first-order valence-electron chi connectivity index (χ1n) is 11.7. The molecule has 37 heavy (non-hydrogen) atoms. The molecule has 5 rings (SSSR count). The van der Waals surface area contributed by atoms with Crippen molar-refractivity contribution in [3.8, 4) is 0 Å². The summed E-state index contributed by atoms with van der Waals surface area (Å²) in [5.74, 6) is -0.491. The molecule has 194 valence electrons. The lowest BCUT2D eigenvalue weighted by atomic mass is 9.93. The van der Waals surface area contributed by atoms with Gasteiger partial charge >= 0.3 is 6.18 Å². The zero-order valence-corrected chi connectivity index (χ0v) is 21.1. The Morgan fingerprint density at radius 2 is 1.86 bits per heavy atom. The number of aromatic nitrogens is 2. The molecular weight excluding hydrogens is 527 g/mol. The molecule has 2 saturated heterocycles. The first kappa shape index (κ1) is 25.8. The van der Waals surface area contributed by atoms with Gasteiger partial charge in [-0.3, -0.25) is 24.5 Å². The summed E-state index contributed by atoms with van der Waals surface area (Å²) in [7, 11) is 0. The number of halogens is 4. The Kier molecular flexibility index (Phi) is 7.30. The summed E-state index contributed by atoms with van der Waals surface area (Å²) in [5.41, 5.74) is 0.731. The molecule has 0 aliphatic carbocycles. The summed E-state index contributed by atoms with van der Waals surface area (Å²) in [5, 5.41) is 10.4. The third-order valence-electron chi connectivity index (χ3n) is 6.51. The van der Waals surface area contributed by atoms with Gasteiger partial charge in [0.05, 0.1) is 22.2 Å². The number of alkyl halides is 3. The number of thioether (sulfide) groups is 1. The molecule has 2 fully saturated rings. The van der Waals surface area contributed by atoms with Gasteiger partial charge in [-0.15, -0.1) is 0 Å². The molecule has 12 heteroatoms. The van der Waals surface area contributed by atoms with Crippen molar-refractivity contribution < 1.29 is 22.8 Å². The Morgan fingerprint density at radius 1 is 1.08 bits per heavy atom. The molecule has 2 aliphatic rings. The summed E-state index contributed by atoms with van der Waals surface area (Å²) in [6.07, 6.45) is -3.25. The van der Waals surface area contributed by atoms with E-state index in [1.165, 1.54) is 17.0 Å². The number of hydrogen-bond donors (Lipinski definition) is 2. The first-order valence-corrected chi connectivity index (χ1v) is 12.9. The van der Waals surface area contributed by atoms with Gasteiger partial charge in [0, 0.05) is 49.7 Å². The minimum absolute atomic E-state index is 0.0354. The number of carbonyl (C=O) groups is 2. The highest BCUT2D eigenvalue weighted by atomic mass is 35.5. The van der Waals surface area contributed by atoms with E-state index in [1.807, 2.05) is 0 Å². The van der Waals surface area contributed by atoms with Crippen LogP contribution in [0.15, 0.2) is 47.5 Å². The standard InChI is InChI=1S/C25H23ClF3N5O2S/c26-18-3-1-16(20(13-18)25(27,28)29)12-19(15-2-4-21-17(11-15)14-31-32-21)22-23(35)34(24(36)37-22)10-9-33-7-5-30-6-8-33/h1-4,11,13-14,30H,5-10,12H2,(H,31,32)/b22-19-. The summed E-state index contributed by atoms with van der Waals surface area (Å²) in [4.78, 5) is 29.9. The van der Waals surface area contributed by atoms with E-state index in [-0.39, 0.29) is 28.5 Å². The monoisotopic (exact) mass is 549 g/mol. The van der Waals surface area contributed by atoms with Crippen molar-refractivity contribution in [3.05, 3.63) is 69.2 Å². The lowest BCUT2D eigenvalue weighted by Gasteiger charge is -2.28. The molecule has 2 aliphatic heterocycles. The second-order valence-corrected chi connectivity index (χ2v) is 10.3. The van der Waals surface area contributed by atoms with E-state index >= 15 is 0 Å². The van der Waals surface area contributed by atoms with Crippen LogP contribution in [0.4, 0.5) is 18.0 Å². The van der Waals surface area contributed by atoms with Crippen LogP contribution in [0.3, 0.4) is 0 Å². The molecule has 0 bridgehead atoms. The third-order valence-corrected chi connectivity index (χ3v) is 7.76. The molecule has 1 aromatic heterocycles. The van der Waals surface area contributed by atoms with Crippen molar-refractivity contribution in [2.75, 3.05) is 39.3 Å². The quantitative estimate of drug-likeness (QED) is 0.430. The number of fused-ring (bicyclic) bond motifs is 1. The number of aromatic amines is 1. The highest BCUT2D eigenvalue weighted by Crippen LogP contribution is 2.41. The smallest absolute Gasteiger partial charge is 0.314 e. The van der Waals surface area contributed by atoms with Crippen molar-refractivity contribution in [3.63, 3.8) is 0 Å². The largest absolute Gasteiger partial charge is 0.416 e. The fourth-order valence-electron chi connectivity index (χ4n) is 4.55. The second kappa shape index (κ2) is 10.5. The molecule has 7 nitrogen and oxygen atoms in total. The molecule has 2 aromatic carbocycles. The molecule has 0 saturated carbocycles. The Labute approximate surface area is 220 Å². The number of allylic oxidation sites excluding steroid dienone is 1. The van der Waals surface area contributed by atoms with Crippen LogP contribution in [0.25, 0.3) is 16.5 Å². The predicted octanol–water partition coefficient (Wildman–Crippen LogP) is 4.79. The lowest BCUT2D eigenvalue weighted by Crippen LogP contribution is -2.46. The number of piperazine rings is 1. The van der Waals surface area contributed by atoms with Gasteiger partial charge in [0.1, 0.15) is 0 Å². The van der Waals surface area contributed by atoms with Crippen molar-refractivity contribution in [2.45, 2.75) is 12.6 Å². The maximum atomic E-state index is 13.9. The highest BCUT2D eigenvalue weighted by molar-refractivity contribution is 8.18. The minimum atomic E-state index is -4.64. The minimum Gasteiger partial charge on any atom is -0.314 e. The van der Waals surface area contributed by atoms with E-state index in [9.17, 15) is 22.8 Å². The fraction of sp³-hybridized carbons (Fsp3) is 0.320. The number of nitrogens with zero attached hydrogens (tertiary/aromatic N) is 3. The molecule has 0 atom stereocenters. The molecule has 0 radical (unpaired) electrons. The number of rotatable bonds is 6. The van der Waals surface area contributed by atoms with E-state index < -0.39 is 22.9 Å². The van der Waals surface area contributed by atoms with E-state index in [0.717, 1.165) is 54.9 Å². The maximum absolute atomic E-state index is 13.9. The van der Waals surface area contributed by atoms with Crippen molar-refractivity contribution in [1.29, 1.82) is 0 Å². The van der Waals surface area contributed by atoms with Gasteiger partial charge in [-0.2, -0.15) is 18.3 Å². The summed E-state index contributed by atoms with van der Waals surface area (Å²) in [6, 6.07) is 8.81. The molecule has 2 amide bonds. The Bertz CT molecular complexity index is 1380. The first-order chi connectivity index (χ1) is 17.7. The van der Waals surface area contributed by atoms with Crippen LogP contribution in [0.5, 0.6) is 0 Å². The average Bonchev–Trinajstić information content (AvgIpc) is 3.45. The van der Waals surface area contributed by atoms with Crippen LogP contribution in [0.1, 0.15) is 16.7 Å². The van der Waals surface area contributed by atoms with Crippen molar-refractivity contribution in [2.24, 2.45) is 0 Å². The van der Waals surface area contributed by atoms with Crippen molar-refractivity contribution in [1.82, 2.24) is 25.3 Å². The van der Waals surface area contributed by atoms with Gasteiger partial charge in [-0.25, -0.2) is 0 Å². The molecule has 2 N–H and O–H groups in total. The number of hydrogen-bond acceptors (Lipinski definition) is 6. The van der Waals surface area contributed by atoms with Crippen LogP contribution in [-0.2, 0) is 17.4 Å². The zero-order chi connectivity index (χ0) is 26.2. The number of nitrogens with one attached hydrogen (secondary N) is 2. The SMILES string of the molecule is O=C1S/C(=C(/Cc2ccc(Cl)cc2C(F)(F)F)c2ccc3[nH]ncc3c2)C(=O)N1CCN1CCNCC1. The second-order valence-electron chi connectivity index (χ2n) is 8.87. The van der Waals surface area contributed by atoms with E-state index in [2.05, 4.69) is 20.4 Å². The Morgan fingerprint density at radius 3 is 2.62 bits per heavy atom. The van der Waals surface area contributed by atoms with Gasteiger partial charge in [-0.05, 0) is 59.1 Å². The fourth-order valence-corrected chi connectivity index (χ4v) is 5.69. The summed E-state index contributed by atoms with van der Waals surface area (Å²) >= 11 is 6.65. The van der Waals surface area contributed by atoms with Gasteiger partial charge in [0.15, 0.2) is 0 Å². The molecular formula is C25H23ClF3N5O2S. The van der Waals surface area contributed by atoms with Gasteiger partial charge in [0.2, 0.25) is 0 Å². The van der Waals surface area contributed by atoms with Crippen molar-refractivity contribution >= 4 is 51.0 Å². The summed E-state index contributed by atoms with van der Waals surface area (Å²) in [6.45, 7) is 4.07. The van der Waals surface area contributed by atoms with Crippen LogP contribution in [0, 0.1) is 0 Å². The van der Waals surface area contributed by atoms with Gasteiger partial charge < -0.3 is 5.32 Å². The van der Waals surface area contributed by atoms with Crippen LogP contribution >= 0.6 is 23.4 Å². The van der Waals surface area contributed by atoms with Gasteiger partial charge in [0.25, 0.3) is 11.1 Å². The third kappa shape index (κ3) is 5.54. The Balaban J connectivity index is 1.53. The molecule has 3 heterocycles. The molecule has 0 spiro atoms. The number of benzene rings is 2. The number of imide groups is 1. The molecule has 3 aromatic rings. The highest BCUT2D eigenvalue weighted by Gasteiger charge is 2.39. The van der Waals surface area contributed by atoms with Gasteiger partial charge in [-0.1, -0.05) is 23.7 Å². The lowest BCUT2D eigenvalue weighted by molar-refractivity contribution is -0.138. The van der Waals surface area contributed by atoms with E-state index in [0.29, 0.717) is 17.7 Å². The van der Waals surface area contributed by atoms with E-state index in [1.54, 1.807) is 24.4 Å². The van der Waals surface area contributed by atoms with Crippen LogP contribution < -0.4 is 5.32 Å². The summed E-state index contributed by atoms with van der Waals surface area (Å²) < 4.78 is 41.6. The zero-order valence-electron chi connectivity index (χ0n) is 19.6. The number of carbonyl (C=O) groups excluding carboxylic acids is 2. The van der Waals surface area contributed by atoms with E-state index in [4.69, 9.17) is 11.6 Å².